The molecule has 0 aliphatic carbocycles. The molecule has 12 heteroatoms. The van der Waals surface area contributed by atoms with Gasteiger partial charge in [0.2, 0.25) is 10.0 Å². The number of sulfonamides is 1. The van der Waals surface area contributed by atoms with Crippen LogP contribution in [-0.4, -0.2) is 51.9 Å². The number of anilines is 2. The van der Waals surface area contributed by atoms with E-state index in [9.17, 15) is 23.1 Å². The topological polar surface area (TPSA) is 138 Å². The highest BCUT2D eigenvalue weighted by Crippen LogP contribution is 2.34. The minimum Gasteiger partial charge on any atom is -0.478 e. The highest BCUT2D eigenvalue weighted by atomic mass is 35.5. The molecule has 4 aromatic rings. The molecule has 0 unspecified atom stereocenters. The first-order valence-electron chi connectivity index (χ1n) is 13.3. The lowest BCUT2D eigenvalue weighted by Crippen LogP contribution is -2.23. The number of likely N-dealkylation sites (N-methyl/N-ethyl adjacent to an activating group) is 1. The van der Waals surface area contributed by atoms with Crippen molar-refractivity contribution >= 4 is 62.4 Å². The summed E-state index contributed by atoms with van der Waals surface area (Å²) < 4.78 is 31.3. The molecule has 0 atom stereocenters. The van der Waals surface area contributed by atoms with Crippen LogP contribution in [0, 0.1) is 0 Å². The Morgan fingerprint density at radius 1 is 0.932 bits per heavy atom. The highest BCUT2D eigenvalue weighted by molar-refractivity contribution is 7.92. The van der Waals surface area contributed by atoms with Gasteiger partial charge in [0, 0.05) is 29.4 Å². The molecule has 10 nitrogen and oxygen atoms in total. The standard InChI is InChI=1S/C32H29ClN4O6S/c1-37(20-21-43-30(38)19-8-22-6-11-24(33)12-7-22)27-17-15-26(16-18-27)35-34-25-13-9-23(10-14-25)31-28(32(39)40)4-3-5-29(31)36-44(2,41)42/h3-19,36H,20-21H2,1-2H3,(H,39,40)/b19-8+,35-34?. The molecule has 0 fully saturated rings. The van der Waals surface area contributed by atoms with Gasteiger partial charge < -0.3 is 14.7 Å². The van der Waals surface area contributed by atoms with Crippen LogP contribution >= 0.6 is 11.6 Å². The number of aromatic carboxylic acids is 1. The van der Waals surface area contributed by atoms with Gasteiger partial charge in [-0.15, -0.1) is 0 Å². The van der Waals surface area contributed by atoms with E-state index in [-0.39, 0.29) is 23.4 Å². The van der Waals surface area contributed by atoms with Crippen LogP contribution in [0.4, 0.5) is 22.7 Å². The second kappa shape index (κ2) is 14.5. The second-order valence-electron chi connectivity index (χ2n) is 9.64. The van der Waals surface area contributed by atoms with Crippen molar-refractivity contribution in [2.75, 3.05) is 36.1 Å². The number of carbonyl (C=O) groups is 2. The highest BCUT2D eigenvalue weighted by Gasteiger charge is 2.18. The van der Waals surface area contributed by atoms with Gasteiger partial charge in [-0.3, -0.25) is 4.72 Å². The number of carboxylic acids is 1. The molecule has 4 rings (SSSR count). The maximum absolute atomic E-state index is 12.0. The molecule has 0 radical (unpaired) electrons. The number of hydrogen-bond acceptors (Lipinski definition) is 8. The Bertz CT molecular complexity index is 1790. The quantitative estimate of drug-likeness (QED) is 0.0958. The Hall–Kier alpha value is -5.00. The third kappa shape index (κ3) is 9.25. The molecule has 0 saturated carbocycles. The van der Waals surface area contributed by atoms with E-state index in [1.54, 1.807) is 66.7 Å². The molecular formula is C32H29ClN4O6S. The molecule has 44 heavy (non-hydrogen) atoms. The molecular weight excluding hydrogens is 604 g/mol. The summed E-state index contributed by atoms with van der Waals surface area (Å²) in [6.45, 7) is 0.695. The predicted octanol–water partition coefficient (Wildman–Crippen LogP) is 7.18. The number of ether oxygens (including phenoxy) is 1. The average molecular weight is 633 g/mol. The lowest BCUT2D eigenvalue weighted by molar-refractivity contribution is -0.137. The number of esters is 1. The van der Waals surface area contributed by atoms with E-state index in [0.717, 1.165) is 17.5 Å². The third-order valence-electron chi connectivity index (χ3n) is 6.27. The van der Waals surface area contributed by atoms with E-state index < -0.39 is 22.0 Å². The lowest BCUT2D eigenvalue weighted by Gasteiger charge is -2.18. The van der Waals surface area contributed by atoms with Crippen molar-refractivity contribution in [3.05, 3.63) is 113 Å². The van der Waals surface area contributed by atoms with Crippen LogP contribution in [0.25, 0.3) is 17.2 Å². The smallest absolute Gasteiger partial charge is 0.336 e. The Balaban J connectivity index is 1.34. The number of nitrogens with one attached hydrogen (secondary N) is 1. The van der Waals surface area contributed by atoms with E-state index in [0.29, 0.717) is 28.5 Å². The van der Waals surface area contributed by atoms with E-state index in [1.165, 1.54) is 24.3 Å². The Morgan fingerprint density at radius 2 is 1.55 bits per heavy atom. The molecule has 0 aromatic heterocycles. The summed E-state index contributed by atoms with van der Waals surface area (Å²) in [5.41, 5.74) is 3.75. The summed E-state index contributed by atoms with van der Waals surface area (Å²) in [6, 6.07) is 25.5. The van der Waals surface area contributed by atoms with Gasteiger partial charge >= 0.3 is 11.9 Å². The van der Waals surface area contributed by atoms with Crippen LogP contribution in [0.5, 0.6) is 0 Å². The zero-order valence-corrected chi connectivity index (χ0v) is 25.4. The van der Waals surface area contributed by atoms with E-state index in [2.05, 4.69) is 15.0 Å². The summed E-state index contributed by atoms with van der Waals surface area (Å²) in [5.74, 6) is -1.62. The van der Waals surface area contributed by atoms with Gasteiger partial charge in [-0.2, -0.15) is 10.2 Å². The van der Waals surface area contributed by atoms with Gasteiger partial charge in [-0.05, 0) is 77.9 Å². The first-order chi connectivity index (χ1) is 21.0. The largest absolute Gasteiger partial charge is 0.478 e. The normalized spacial score (nSPS) is 11.5. The first-order valence-corrected chi connectivity index (χ1v) is 15.5. The molecule has 0 saturated heterocycles. The van der Waals surface area contributed by atoms with Crippen molar-refractivity contribution in [2.45, 2.75) is 0 Å². The van der Waals surface area contributed by atoms with Crippen molar-refractivity contribution in [1.29, 1.82) is 0 Å². The number of carboxylic acid groups (broad SMARTS) is 1. The maximum Gasteiger partial charge on any atom is 0.336 e. The molecule has 0 spiro atoms. The van der Waals surface area contributed by atoms with Gasteiger partial charge in [0.25, 0.3) is 0 Å². The van der Waals surface area contributed by atoms with Gasteiger partial charge in [0.05, 0.1) is 35.4 Å². The summed E-state index contributed by atoms with van der Waals surface area (Å²) in [4.78, 5) is 25.8. The van der Waals surface area contributed by atoms with E-state index in [4.69, 9.17) is 16.3 Å². The minimum atomic E-state index is -3.63. The molecule has 0 aliphatic heterocycles. The zero-order valence-electron chi connectivity index (χ0n) is 23.8. The summed E-state index contributed by atoms with van der Waals surface area (Å²) in [7, 11) is -1.75. The monoisotopic (exact) mass is 632 g/mol. The number of benzene rings is 4. The summed E-state index contributed by atoms with van der Waals surface area (Å²) >= 11 is 5.87. The molecule has 0 bridgehead atoms. The molecule has 0 amide bonds. The van der Waals surface area contributed by atoms with E-state index >= 15 is 0 Å². The van der Waals surface area contributed by atoms with Crippen LogP contribution in [-0.2, 0) is 19.6 Å². The van der Waals surface area contributed by atoms with Crippen LogP contribution in [0.2, 0.25) is 5.02 Å². The molecule has 226 valence electrons. The first kappa shape index (κ1) is 31.9. The fraction of sp³-hybridized carbons (Fsp3) is 0.125. The van der Waals surface area contributed by atoms with Crippen molar-refractivity contribution in [1.82, 2.24) is 0 Å². The van der Waals surface area contributed by atoms with Crippen LogP contribution in [0.1, 0.15) is 15.9 Å². The molecule has 2 N–H and O–H groups in total. The number of halogens is 1. The Labute approximate surface area is 260 Å². The number of hydrogen-bond donors (Lipinski definition) is 2. The molecule has 0 heterocycles. The lowest BCUT2D eigenvalue weighted by atomic mass is 9.97. The van der Waals surface area contributed by atoms with Crippen LogP contribution in [0.15, 0.2) is 107 Å². The van der Waals surface area contributed by atoms with Crippen molar-refractivity contribution in [2.24, 2.45) is 10.2 Å². The predicted molar refractivity (Wildman–Crippen MR) is 173 cm³/mol. The van der Waals surface area contributed by atoms with Gasteiger partial charge in [-0.25, -0.2) is 18.0 Å². The fourth-order valence-electron chi connectivity index (χ4n) is 4.11. The zero-order chi connectivity index (χ0) is 31.7. The van der Waals surface area contributed by atoms with Crippen LogP contribution < -0.4 is 9.62 Å². The number of azo groups is 1. The van der Waals surface area contributed by atoms with E-state index in [1.807, 2.05) is 24.1 Å². The van der Waals surface area contributed by atoms with Gasteiger partial charge in [0.15, 0.2) is 0 Å². The molecule has 0 aliphatic rings. The van der Waals surface area contributed by atoms with Crippen molar-refractivity contribution in [3.8, 4) is 11.1 Å². The fourth-order valence-corrected chi connectivity index (χ4v) is 4.80. The Kier molecular flexibility index (Phi) is 10.5. The van der Waals surface area contributed by atoms with Gasteiger partial charge in [0.1, 0.15) is 6.61 Å². The number of rotatable bonds is 12. The summed E-state index contributed by atoms with van der Waals surface area (Å²) in [6.07, 6.45) is 4.04. The minimum absolute atomic E-state index is 0.0396. The number of nitrogens with zero attached hydrogens (tertiary/aromatic N) is 3. The number of carbonyl (C=O) groups excluding carboxylic acids is 1. The van der Waals surface area contributed by atoms with Crippen LogP contribution in [0.3, 0.4) is 0 Å². The summed E-state index contributed by atoms with van der Waals surface area (Å²) in [5, 5.41) is 18.8. The average Bonchev–Trinajstić information content (AvgIpc) is 2.99. The third-order valence-corrected chi connectivity index (χ3v) is 7.11. The van der Waals surface area contributed by atoms with Gasteiger partial charge in [-0.1, -0.05) is 41.9 Å². The Morgan fingerprint density at radius 3 is 2.14 bits per heavy atom. The van der Waals surface area contributed by atoms with Crippen molar-refractivity contribution < 1.29 is 27.9 Å². The maximum atomic E-state index is 12.0. The second-order valence-corrected chi connectivity index (χ2v) is 11.8. The molecule has 4 aromatic carbocycles. The SMILES string of the molecule is CN(CCOC(=O)/C=C/c1ccc(Cl)cc1)c1ccc(N=Nc2ccc(-c3c(NS(C)(=O)=O)cccc3C(=O)O)cc2)cc1. The van der Waals surface area contributed by atoms with Crippen molar-refractivity contribution in [3.63, 3.8) is 0 Å².